The Hall–Kier alpha value is -2.80. The maximum Gasteiger partial charge on any atom is 0.313 e. The molecule has 5 nitrogen and oxygen atoms in total. The Labute approximate surface area is 137 Å². The van der Waals surface area contributed by atoms with Gasteiger partial charge in [-0.3, -0.25) is 9.59 Å². The van der Waals surface area contributed by atoms with Crippen molar-refractivity contribution >= 4 is 17.5 Å². The van der Waals surface area contributed by atoms with Gasteiger partial charge in [0.25, 0.3) is 0 Å². The topological polar surface area (TPSA) is 78.4 Å². The van der Waals surface area contributed by atoms with Crippen LogP contribution in [-0.2, 0) is 9.59 Å². The molecule has 1 atom stereocenters. The molecule has 3 N–H and O–H groups in total. The highest BCUT2D eigenvalue weighted by molar-refractivity contribution is 6.39. The summed E-state index contributed by atoms with van der Waals surface area (Å²) in [5.74, 6) is -3.44. The Morgan fingerprint density at radius 3 is 2.50 bits per heavy atom. The highest BCUT2D eigenvalue weighted by Crippen LogP contribution is 2.16. The van der Waals surface area contributed by atoms with Crippen molar-refractivity contribution in [3.8, 4) is 0 Å². The van der Waals surface area contributed by atoms with E-state index in [1.54, 1.807) is 6.92 Å². The van der Waals surface area contributed by atoms with Gasteiger partial charge in [0.2, 0.25) is 0 Å². The highest BCUT2D eigenvalue weighted by atomic mass is 19.1. The number of aryl methyl sites for hydroxylation is 1. The zero-order chi connectivity index (χ0) is 17.7. The van der Waals surface area contributed by atoms with Gasteiger partial charge in [0.05, 0.1) is 11.8 Å². The normalized spacial score (nSPS) is 11.7. The van der Waals surface area contributed by atoms with Gasteiger partial charge in [-0.05, 0) is 30.7 Å². The molecule has 0 saturated heterocycles. The van der Waals surface area contributed by atoms with Gasteiger partial charge in [0, 0.05) is 12.1 Å². The minimum Gasteiger partial charge on any atom is -0.386 e. The van der Waals surface area contributed by atoms with Crippen LogP contribution in [0.5, 0.6) is 0 Å². The summed E-state index contributed by atoms with van der Waals surface area (Å²) < 4.78 is 27.0. The number of hydrogen-bond donors (Lipinski definition) is 3. The zero-order valence-electron chi connectivity index (χ0n) is 12.8. The van der Waals surface area contributed by atoms with Crippen LogP contribution < -0.4 is 10.6 Å². The summed E-state index contributed by atoms with van der Waals surface area (Å²) in [6.07, 6.45) is -1.31. The first-order valence-corrected chi connectivity index (χ1v) is 7.16. The Balaban J connectivity index is 1.93. The fraction of sp³-hybridized carbons (Fsp3) is 0.176. The monoisotopic (exact) mass is 334 g/mol. The van der Waals surface area contributed by atoms with Crippen molar-refractivity contribution in [3.05, 3.63) is 65.2 Å². The number of anilines is 1. The van der Waals surface area contributed by atoms with E-state index in [1.807, 2.05) is 0 Å². The van der Waals surface area contributed by atoms with Crippen LogP contribution >= 0.6 is 0 Å². The number of rotatable bonds is 4. The molecular weight excluding hydrogens is 318 g/mol. The molecule has 126 valence electrons. The largest absolute Gasteiger partial charge is 0.386 e. The van der Waals surface area contributed by atoms with Gasteiger partial charge < -0.3 is 15.7 Å². The smallest absolute Gasteiger partial charge is 0.313 e. The third-order valence-electron chi connectivity index (χ3n) is 3.30. The number of carbonyl (C=O) groups is 2. The van der Waals surface area contributed by atoms with Crippen LogP contribution in [0.15, 0.2) is 42.5 Å². The van der Waals surface area contributed by atoms with Gasteiger partial charge in [0.1, 0.15) is 11.6 Å². The Kier molecular flexibility index (Phi) is 5.59. The van der Waals surface area contributed by atoms with Gasteiger partial charge in [-0.15, -0.1) is 0 Å². The lowest BCUT2D eigenvalue weighted by Gasteiger charge is -2.13. The molecule has 0 aliphatic heterocycles. The standard InChI is InChI=1S/C17H16F2N2O3/c1-10-6-7-13(19)14(8-10)21-17(24)16(23)20-9-15(22)11-4-2-3-5-12(11)18/h2-8,15,22H,9H2,1H3,(H,20,23)(H,21,24). The Morgan fingerprint density at radius 1 is 1.08 bits per heavy atom. The number of amides is 2. The summed E-state index contributed by atoms with van der Waals surface area (Å²) in [6, 6.07) is 9.63. The molecule has 7 heteroatoms. The zero-order valence-corrected chi connectivity index (χ0v) is 12.8. The molecule has 0 aromatic heterocycles. The maximum absolute atomic E-state index is 13.5. The van der Waals surface area contributed by atoms with E-state index >= 15 is 0 Å². The molecule has 24 heavy (non-hydrogen) atoms. The average Bonchev–Trinajstić information content (AvgIpc) is 2.56. The minimum atomic E-state index is -1.31. The molecule has 0 saturated carbocycles. The second-order valence-electron chi connectivity index (χ2n) is 5.18. The maximum atomic E-state index is 13.5. The number of nitrogens with one attached hydrogen (secondary N) is 2. The number of aliphatic hydroxyl groups excluding tert-OH is 1. The van der Waals surface area contributed by atoms with E-state index in [0.717, 1.165) is 0 Å². The first-order valence-electron chi connectivity index (χ1n) is 7.16. The van der Waals surface area contributed by atoms with E-state index in [0.29, 0.717) is 5.56 Å². The predicted molar refractivity (Wildman–Crippen MR) is 84.1 cm³/mol. The molecule has 0 spiro atoms. The van der Waals surface area contributed by atoms with Crippen LogP contribution in [-0.4, -0.2) is 23.5 Å². The van der Waals surface area contributed by atoms with Gasteiger partial charge >= 0.3 is 11.8 Å². The first-order chi connectivity index (χ1) is 11.4. The number of benzene rings is 2. The van der Waals surface area contributed by atoms with Crippen LogP contribution in [0.1, 0.15) is 17.2 Å². The van der Waals surface area contributed by atoms with E-state index in [-0.39, 0.29) is 17.8 Å². The van der Waals surface area contributed by atoms with Crippen LogP contribution in [0.25, 0.3) is 0 Å². The number of halogens is 2. The van der Waals surface area contributed by atoms with Crippen molar-refractivity contribution in [2.45, 2.75) is 13.0 Å². The number of carbonyl (C=O) groups excluding carboxylic acids is 2. The quantitative estimate of drug-likeness (QED) is 0.749. The molecule has 0 fully saturated rings. The Morgan fingerprint density at radius 2 is 1.79 bits per heavy atom. The van der Waals surface area contributed by atoms with Crippen molar-refractivity contribution in [3.63, 3.8) is 0 Å². The van der Waals surface area contributed by atoms with Gasteiger partial charge in [-0.1, -0.05) is 24.3 Å². The molecule has 1 unspecified atom stereocenters. The van der Waals surface area contributed by atoms with E-state index < -0.39 is 29.6 Å². The highest BCUT2D eigenvalue weighted by Gasteiger charge is 2.18. The van der Waals surface area contributed by atoms with Crippen molar-refractivity contribution in [1.82, 2.24) is 5.32 Å². The second kappa shape index (κ2) is 7.65. The lowest BCUT2D eigenvalue weighted by molar-refractivity contribution is -0.136. The third kappa shape index (κ3) is 4.36. The molecule has 0 radical (unpaired) electrons. The molecule has 0 heterocycles. The lowest BCUT2D eigenvalue weighted by atomic mass is 10.1. The van der Waals surface area contributed by atoms with E-state index in [9.17, 15) is 23.5 Å². The van der Waals surface area contributed by atoms with Crippen LogP contribution in [0.4, 0.5) is 14.5 Å². The molecule has 2 amide bonds. The van der Waals surface area contributed by atoms with E-state index in [2.05, 4.69) is 10.6 Å². The molecule has 0 bridgehead atoms. The van der Waals surface area contributed by atoms with E-state index in [4.69, 9.17) is 0 Å². The fourth-order valence-corrected chi connectivity index (χ4v) is 2.04. The molecule has 0 aliphatic carbocycles. The molecule has 2 rings (SSSR count). The lowest BCUT2D eigenvalue weighted by Crippen LogP contribution is -2.37. The van der Waals surface area contributed by atoms with Crippen LogP contribution in [0.3, 0.4) is 0 Å². The molecule has 0 aliphatic rings. The molecule has 2 aromatic carbocycles. The van der Waals surface area contributed by atoms with Gasteiger partial charge in [-0.25, -0.2) is 8.78 Å². The van der Waals surface area contributed by atoms with Crippen molar-refractivity contribution in [2.24, 2.45) is 0 Å². The second-order valence-corrected chi connectivity index (χ2v) is 5.18. The third-order valence-corrected chi connectivity index (χ3v) is 3.30. The van der Waals surface area contributed by atoms with Crippen molar-refractivity contribution < 1.29 is 23.5 Å². The average molecular weight is 334 g/mol. The summed E-state index contributed by atoms with van der Waals surface area (Å²) in [4.78, 5) is 23.5. The summed E-state index contributed by atoms with van der Waals surface area (Å²) in [5, 5.41) is 14.2. The fourth-order valence-electron chi connectivity index (χ4n) is 2.04. The van der Waals surface area contributed by atoms with E-state index in [1.165, 1.54) is 42.5 Å². The van der Waals surface area contributed by atoms with Gasteiger partial charge in [-0.2, -0.15) is 0 Å². The minimum absolute atomic E-state index is 0.00272. The number of hydrogen-bond acceptors (Lipinski definition) is 3. The van der Waals surface area contributed by atoms with Crippen LogP contribution in [0.2, 0.25) is 0 Å². The Bertz CT molecular complexity index is 765. The summed E-state index contributed by atoms with van der Waals surface area (Å²) in [6.45, 7) is 1.35. The predicted octanol–water partition coefficient (Wildman–Crippen LogP) is 2.06. The SMILES string of the molecule is Cc1ccc(F)c(NC(=O)C(=O)NCC(O)c2ccccc2F)c1. The summed E-state index contributed by atoms with van der Waals surface area (Å²) in [7, 11) is 0. The summed E-state index contributed by atoms with van der Waals surface area (Å²) in [5.41, 5.74) is 0.592. The van der Waals surface area contributed by atoms with Crippen molar-refractivity contribution in [2.75, 3.05) is 11.9 Å². The molecular formula is C17H16F2N2O3. The van der Waals surface area contributed by atoms with Crippen LogP contribution in [0, 0.1) is 18.6 Å². The summed E-state index contributed by atoms with van der Waals surface area (Å²) >= 11 is 0. The molecule has 2 aromatic rings. The first kappa shape index (κ1) is 17.6. The van der Waals surface area contributed by atoms with Crippen molar-refractivity contribution in [1.29, 1.82) is 0 Å². The number of aliphatic hydroxyl groups is 1. The van der Waals surface area contributed by atoms with Gasteiger partial charge in [0.15, 0.2) is 0 Å².